The Kier molecular flexibility index (Phi) is 2.64. The number of anilines is 2. The number of aromatic nitrogens is 2. The topological polar surface area (TPSA) is 82.0 Å². The zero-order valence-corrected chi connectivity index (χ0v) is 8.50. The van der Waals surface area contributed by atoms with Crippen LogP contribution >= 0.6 is 0 Å². The second-order valence-electron chi connectivity index (χ2n) is 3.00. The van der Waals surface area contributed by atoms with E-state index < -0.39 is 11.2 Å². The van der Waals surface area contributed by atoms with Crippen molar-refractivity contribution in [2.75, 3.05) is 17.6 Å². The summed E-state index contributed by atoms with van der Waals surface area (Å²) in [6.45, 7) is 2.43. The molecule has 0 saturated carbocycles. The lowest BCUT2D eigenvalue weighted by Crippen LogP contribution is -2.39. The molecular formula is C8H14N4O2. The second kappa shape index (κ2) is 3.57. The molecule has 0 aliphatic rings. The van der Waals surface area contributed by atoms with Crippen LogP contribution in [0.3, 0.4) is 0 Å². The molecule has 0 fully saturated rings. The number of nitrogen functional groups attached to an aromatic ring is 1. The first-order chi connectivity index (χ1) is 6.50. The lowest BCUT2D eigenvalue weighted by Gasteiger charge is -2.11. The summed E-state index contributed by atoms with van der Waals surface area (Å²) in [5, 5.41) is 2.83. The van der Waals surface area contributed by atoms with Gasteiger partial charge in [0.15, 0.2) is 0 Å². The summed E-state index contributed by atoms with van der Waals surface area (Å²) in [6, 6.07) is 0. The molecule has 0 aromatic carbocycles. The van der Waals surface area contributed by atoms with Crippen LogP contribution in [0, 0.1) is 0 Å². The molecule has 1 heterocycles. The van der Waals surface area contributed by atoms with Crippen molar-refractivity contribution >= 4 is 11.5 Å². The molecular weight excluding hydrogens is 184 g/mol. The Morgan fingerprint density at radius 2 is 1.86 bits per heavy atom. The standard InChI is InChI=1S/C8H14N4O2/c1-4-10-5-6(9)11(2)8(14)12(3)7(5)13/h10H,4,9H2,1-3H3. The smallest absolute Gasteiger partial charge is 0.332 e. The van der Waals surface area contributed by atoms with Crippen LogP contribution in [0.2, 0.25) is 0 Å². The predicted molar refractivity (Wildman–Crippen MR) is 55.5 cm³/mol. The Balaban J connectivity index is 3.60. The van der Waals surface area contributed by atoms with Crippen LogP contribution in [-0.4, -0.2) is 15.7 Å². The van der Waals surface area contributed by atoms with Gasteiger partial charge in [-0.1, -0.05) is 0 Å². The molecule has 14 heavy (non-hydrogen) atoms. The van der Waals surface area contributed by atoms with Crippen LogP contribution in [0.5, 0.6) is 0 Å². The molecule has 0 aliphatic carbocycles. The summed E-state index contributed by atoms with van der Waals surface area (Å²) in [7, 11) is 2.95. The minimum absolute atomic E-state index is 0.167. The SMILES string of the molecule is CCNc1c(N)n(C)c(=O)n(C)c1=O. The molecule has 1 aromatic rings. The van der Waals surface area contributed by atoms with Gasteiger partial charge in [-0.15, -0.1) is 0 Å². The monoisotopic (exact) mass is 198 g/mol. The minimum Gasteiger partial charge on any atom is -0.383 e. The van der Waals surface area contributed by atoms with Crippen molar-refractivity contribution in [2.45, 2.75) is 6.92 Å². The van der Waals surface area contributed by atoms with E-state index in [1.165, 1.54) is 18.7 Å². The summed E-state index contributed by atoms with van der Waals surface area (Å²) >= 11 is 0. The summed E-state index contributed by atoms with van der Waals surface area (Å²) in [6.07, 6.45) is 0. The number of hydrogen-bond acceptors (Lipinski definition) is 4. The van der Waals surface area contributed by atoms with E-state index >= 15 is 0 Å². The fourth-order valence-electron chi connectivity index (χ4n) is 1.20. The Bertz CT molecular complexity index is 458. The molecule has 0 aliphatic heterocycles. The number of rotatable bonds is 2. The largest absolute Gasteiger partial charge is 0.383 e. The number of nitrogens with one attached hydrogen (secondary N) is 1. The van der Waals surface area contributed by atoms with Gasteiger partial charge in [0.1, 0.15) is 11.5 Å². The van der Waals surface area contributed by atoms with Crippen LogP contribution in [0.15, 0.2) is 9.59 Å². The fraction of sp³-hybridized carbons (Fsp3) is 0.500. The van der Waals surface area contributed by atoms with Crippen molar-refractivity contribution in [3.05, 3.63) is 20.8 Å². The van der Waals surface area contributed by atoms with Gasteiger partial charge in [-0.2, -0.15) is 0 Å². The molecule has 6 nitrogen and oxygen atoms in total. The third kappa shape index (κ3) is 1.39. The van der Waals surface area contributed by atoms with Crippen molar-refractivity contribution in [3.63, 3.8) is 0 Å². The second-order valence-corrected chi connectivity index (χ2v) is 3.00. The fourth-order valence-corrected chi connectivity index (χ4v) is 1.20. The molecule has 0 spiro atoms. The Morgan fingerprint density at radius 3 is 2.36 bits per heavy atom. The third-order valence-electron chi connectivity index (χ3n) is 2.06. The van der Waals surface area contributed by atoms with Crippen molar-refractivity contribution in [2.24, 2.45) is 14.1 Å². The van der Waals surface area contributed by atoms with Gasteiger partial charge in [0.2, 0.25) is 0 Å². The quantitative estimate of drug-likeness (QED) is 0.645. The van der Waals surface area contributed by atoms with Gasteiger partial charge in [-0.25, -0.2) is 4.79 Å². The minimum atomic E-state index is -0.422. The molecule has 3 N–H and O–H groups in total. The van der Waals surface area contributed by atoms with E-state index in [2.05, 4.69) is 5.32 Å². The lowest BCUT2D eigenvalue weighted by molar-refractivity contribution is 0.696. The van der Waals surface area contributed by atoms with Crippen molar-refractivity contribution in [3.8, 4) is 0 Å². The Hall–Kier alpha value is -1.72. The first-order valence-corrected chi connectivity index (χ1v) is 4.30. The van der Waals surface area contributed by atoms with Crippen LogP contribution in [-0.2, 0) is 14.1 Å². The van der Waals surface area contributed by atoms with Crippen molar-refractivity contribution in [1.82, 2.24) is 9.13 Å². The maximum absolute atomic E-state index is 11.6. The van der Waals surface area contributed by atoms with E-state index in [1.807, 2.05) is 6.92 Å². The molecule has 0 radical (unpaired) electrons. The number of hydrogen-bond donors (Lipinski definition) is 2. The van der Waals surface area contributed by atoms with Gasteiger partial charge in [0, 0.05) is 20.6 Å². The normalized spacial score (nSPS) is 10.2. The van der Waals surface area contributed by atoms with E-state index in [4.69, 9.17) is 5.73 Å². The zero-order valence-electron chi connectivity index (χ0n) is 8.50. The van der Waals surface area contributed by atoms with Crippen LogP contribution in [0.4, 0.5) is 11.5 Å². The summed E-state index contributed by atoms with van der Waals surface area (Å²) in [5.74, 6) is 0.167. The molecule has 0 amide bonds. The summed E-state index contributed by atoms with van der Waals surface area (Å²) < 4.78 is 2.26. The average Bonchev–Trinajstić information content (AvgIpc) is 2.19. The van der Waals surface area contributed by atoms with Gasteiger partial charge in [-0.05, 0) is 6.92 Å². The maximum atomic E-state index is 11.6. The van der Waals surface area contributed by atoms with Gasteiger partial charge in [-0.3, -0.25) is 13.9 Å². The maximum Gasteiger partial charge on any atom is 0.332 e. The van der Waals surface area contributed by atoms with Crippen molar-refractivity contribution in [1.29, 1.82) is 0 Å². The highest BCUT2D eigenvalue weighted by atomic mass is 16.2. The molecule has 0 bridgehead atoms. The highest BCUT2D eigenvalue weighted by Gasteiger charge is 2.11. The highest BCUT2D eigenvalue weighted by Crippen LogP contribution is 2.07. The molecule has 0 atom stereocenters. The average molecular weight is 198 g/mol. The van der Waals surface area contributed by atoms with E-state index in [1.54, 1.807) is 0 Å². The van der Waals surface area contributed by atoms with E-state index in [0.29, 0.717) is 6.54 Å². The van der Waals surface area contributed by atoms with Crippen LogP contribution < -0.4 is 22.3 Å². The third-order valence-corrected chi connectivity index (χ3v) is 2.06. The molecule has 0 saturated heterocycles. The Morgan fingerprint density at radius 1 is 1.29 bits per heavy atom. The van der Waals surface area contributed by atoms with Crippen LogP contribution in [0.1, 0.15) is 6.92 Å². The summed E-state index contributed by atoms with van der Waals surface area (Å²) in [4.78, 5) is 22.9. The predicted octanol–water partition coefficient (Wildman–Crippen LogP) is -0.902. The van der Waals surface area contributed by atoms with Crippen molar-refractivity contribution < 1.29 is 0 Å². The highest BCUT2D eigenvalue weighted by molar-refractivity contribution is 5.60. The van der Waals surface area contributed by atoms with E-state index in [9.17, 15) is 9.59 Å². The molecule has 1 rings (SSSR count). The van der Waals surface area contributed by atoms with Crippen LogP contribution in [0.25, 0.3) is 0 Å². The first-order valence-electron chi connectivity index (χ1n) is 4.30. The number of nitrogens with two attached hydrogens (primary N) is 1. The molecule has 6 heteroatoms. The Labute approximate surface area is 81.0 Å². The van der Waals surface area contributed by atoms with Gasteiger partial charge >= 0.3 is 5.69 Å². The summed E-state index contributed by atoms with van der Waals surface area (Å²) in [5.41, 5.74) is 5.08. The molecule has 1 aromatic heterocycles. The van der Waals surface area contributed by atoms with Gasteiger partial charge < -0.3 is 11.1 Å². The first kappa shape index (κ1) is 10.4. The molecule has 0 unspecified atom stereocenters. The molecule has 78 valence electrons. The number of nitrogens with zero attached hydrogens (tertiary/aromatic N) is 2. The van der Waals surface area contributed by atoms with Gasteiger partial charge in [0.05, 0.1) is 0 Å². The zero-order chi connectivity index (χ0) is 10.9. The van der Waals surface area contributed by atoms with E-state index in [0.717, 1.165) is 4.57 Å². The lowest BCUT2D eigenvalue weighted by atomic mass is 10.4. The van der Waals surface area contributed by atoms with Gasteiger partial charge in [0.25, 0.3) is 5.56 Å². The van der Waals surface area contributed by atoms with E-state index in [-0.39, 0.29) is 11.5 Å².